The second kappa shape index (κ2) is 8.91. The number of carbonyl (C=O) groups is 2. The van der Waals surface area contributed by atoms with Crippen LogP contribution in [-0.4, -0.2) is 48.5 Å². The van der Waals surface area contributed by atoms with Crippen LogP contribution >= 0.6 is 0 Å². The van der Waals surface area contributed by atoms with Crippen molar-refractivity contribution < 1.29 is 27.5 Å². The number of pyridine rings is 1. The van der Waals surface area contributed by atoms with Gasteiger partial charge in [-0.1, -0.05) is 23.8 Å². The average Bonchev–Trinajstić information content (AvgIpc) is 3.29. The quantitative estimate of drug-likeness (QED) is 0.390. The largest absolute Gasteiger partial charge is 0.468 e. The summed E-state index contributed by atoms with van der Waals surface area (Å²) in [5.74, 6) is -1.86. The summed E-state index contributed by atoms with van der Waals surface area (Å²) in [6.07, 6.45) is 3.51. The predicted molar refractivity (Wildman–Crippen MR) is 114 cm³/mol. The highest BCUT2D eigenvalue weighted by molar-refractivity contribution is 7.90. The number of nitrogens with zero attached hydrogens (tertiary/aromatic N) is 3. The fourth-order valence-electron chi connectivity index (χ4n) is 3.28. The molecule has 0 saturated heterocycles. The van der Waals surface area contributed by atoms with E-state index in [9.17, 15) is 18.0 Å². The van der Waals surface area contributed by atoms with Crippen LogP contribution < -0.4 is 0 Å². The highest BCUT2D eigenvalue weighted by Gasteiger charge is 2.52. The van der Waals surface area contributed by atoms with Crippen molar-refractivity contribution in [1.82, 2.24) is 13.9 Å². The van der Waals surface area contributed by atoms with Gasteiger partial charge in [-0.15, -0.1) is 0 Å². The van der Waals surface area contributed by atoms with Gasteiger partial charge in [0.25, 0.3) is 10.0 Å². The summed E-state index contributed by atoms with van der Waals surface area (Å²) in [6.45, 7) is 3.64. The second-order valence-electron chi connectivity index (χ2n) is 7.28. The molecule has 32 heavy (non-hydrogen) atoms. The number of imidazole rings is 1. The zero-order valence-electron chi connectivity index (χ0n) is 18.1. The van der Waals surface area contributed by atoms with Gasteiger partial charge in [0.1, 0.15) is 6.33 Å². The summed E-state index contributed by atoms with van der Waals surface area (Å²) >= 11 is 0. The Morgan fingerprint density at radius 3 is 2.12 bits per heavy atom. The van der Waals surface area contributed by atoms with Crippen LogP contribution in [-0.2, 0) is 40.9 Å². The molecule has 0 aliphatic heterocycles. The first-order valence-corrected chi connectivity index (χ1v) is 11.0. The Balaban J connectivity index is 2.14. The van der Waals surface area contributed by atoms with Crippen LogP contribution in [0, 0.1) is 13.8 Å². The van der Waals surface area contributed by atoms with Crippen LogP contribution in [0.3, 0.4) is 0 Å². The molecular formula is C22H23N3O6S. The summed E-state index contributed by atoms with van der Waals surface area (Å²) in [7, 11) is -1.74. The number of benzene rings is 1. The maximum Gasteiger partial charge on any atom is 0.329 e. The van der Waals surface area contributed by atoms with Gasteiger partial charge < -0.3 is 9.47 Å². The maximum atomic E-state index is 13.0. The lowest BCUT2D eigenvalue weighted by Gasteiger charge is -2.26. The summed E-state index contributed by atoms with van der Waals surface area (Å²) in [5, 5.41) is 0. The minimum absolute atomic E-state index is 0.0384. The molecule has 0 saturated carbocycles. The molecule has 0 amide bonds. The Morgan fingerprint density at radius 2 is 1.59 bits per heavy atom. The summed E-state index contributed by atoms with van der Waals surface area (Å²) in [6, 6.07) is 9.72. The molecule has 9 nitrogen and oxygen atoms in total. The lowest BCUT2D eigenvalue weighted by Crippen LogP contribution is -2.47. The highest BCUT2D eigenvalue weighted by atomic mass is 32.2. The third-order valence-electron chi connectivity index (χ3n) is 5.10. The first-order chi connectivity index (χ1) is 15.1. The number of rotatable bonds is 7. The van der Waals surface area contributed by atoms with E-state index in [2.05, 4.69) is 9.97 Å². The van der Waals surface area contributed by atoms with Gasteiger partial charge in [-0.2, -0.15) is 0 Å². The molecule has 0 aliphatic rings. The fourth-order valence-corrected chi connectivity index (χ4v) is 4.41. The Labute approximate surface area is 186 Å². The van der Waals surface area contributed by atoms with Crippen LogP contribution in [0.5, 0.6) is 0 Å². The topological polar surface area (TPSA) is 117 Å². The van der Waals surface area contributed by atoms with Crippen molar-refractivity contribution in [3.8, 4) is 0 Å². The molecule has 2 aromatic heterocycles. The van der Waals surface area contributed by atoms with Gasteiger partial charge in [-0.05, 0) is 37.6 Å². The molecule has 168 valence electrons. The molecule has 0 bridgehead atoms. The number of carbonyl (C=O) groups excluding carboxylic acids is 2. The first kappa shape index (κ1) is 23.1. The van der Waals surface area contributed by atoms with Gasteiger partial charge in [0, 0.05) is 24.5 Å². The molecule has 0 spiro atoms. The monoisotopic (exact) mass is 457 g/mol. The molecule has 0 atom stereocenters. The Morgan fingerprint density at radius 1 is 0.969 bits per heavy atom. The van der Waals surface area contributed by atoms with E-state index in [1.54, 1.807) is 31.2 Å². The second-order valence-corrected chi connectivity index (χ2v) is 9.12. The molecule has 10 heteroatoms. The van der Waals surface area contributed by atoms with E-state index in [4.69, 9.17) is 9.47 Å². The standard InChI is InChI=1S/C22H23N3O6S/c1-15-5-9-18(10-6-15)32(28,29)25-13-19(24-14-25)22(20(26)30-3,21(27)31-4)11-17-8-7-16(2)23-12-17/h5-10,12-14H,11H2,1-4H3. The smallest absolute Gasteiger partial charge is 0.329 e. The molecule has 0 unspecified atom stereocenters. The fraction of sp³-hybridized carbons (Fsp3) is 0.273. The maximum absolute atomic E-state index is 13.0. The van der Waals surface area contributed by atoms with E-state index >= 15 is 0 Å². The average molecular weight is 458 g/mol. The van der Waals surface area contributed by atoms with Gasteiger partial charge in [0.15, 0.2) is 0 Å². The third-order valence-corrected chi connectivity index (χ3v) is 6.73. The van der Waals surface area contributed by atoms with Crippen LogP contribution in [0.4, 0.5) is 0 Å². The zero-order chi connectivity index (χ0) is 23.5. The van der Waals surface area contributed by atoms with Crippen LogP contribution in [0.1, 0.15) is 22.5 Å². The van der Waals surface area contributed by atoms with E-state index in [0.29, 0.717) is 5.56 Å². The van der Waals surface area contributed by atoms with Gasteiger partial charge >= 0.3 is 11.9 Å². The van der Waals surface area contributed by atoms with Gasteiger partial charge in [-0.25, -0.2) is 17.4 Å². The molecule has 0 aliphatic carbocycles. The van der Waals surface area contributed by atoms with Crippen LogP contribution in [0.25, 0.3) is 0 Å². The molecule has 3 rings (SSSR count). The van der Waals surface area contributed by atoms with Crippen LogP contribution in [0.2, 0.25) is 0 Å². The predicted octanol–water partition coefficient (Wildman–Crippen LogP) is 1.96. The SMILES string of the molecule is COC(=O)C(Cc1ccc(C)nc1)(C(=O)OC)c1cn(S(=O)(=O)c2ccc(C)cc2)cn1. The van der Waals surface area contributed by atoms with Crippen LogP contribution in [0.15, 0.2) is 60.0 Å². The van der Waals surface area contributed by atoms with Gasteiger partial charge in [0.05, 0.1) is 24.8 Å². The number of methoxy groups -OCH3 is 2. The van der Waals surface area contributed by atoms with Crippen molar-refractivity contribution in [1.29, 1.82) is 0 Å². The minimum atomic E-state index is -4.00. The summed E-state index contributed by atoms with van der Waals surface area (Å²) < 4.78 is 36.8. The number of hydrogen-bond donors (Lipinski definition) is 0. The molecule has 0 fully saturated rings. The summed E-state index contributed by atoms with van der Waals surface area (Å²) in [5.41, 5.74) is 0.0604. The van der Waals surface area contributed by atoms with Gasteiger partial charge in [-0.3, -0.25) is 14.6 Å². The van der Waals surface area contributed by atoms with E-state index in [0.717, 1.165) is 42.0 Å². The number of aryl methyl sites for hydroxylation is 2. The molecule has 2 heterocycles. The van der Waals surface area contributed by atoms with E-state index in [-0.39, 0.29) is 17.0 Å². The molecular weight excluding hydrogens is 434 g/mol. The number of aromatic nitrogens is 3. The third kappa shape index (κ3) is 4.13. The number of esters is 2. The van der Waals surface area contributed by atoms with E-state index in [1.807, 2.05) is 6.92 Å². The first-order valence-electron chi connectivity index (χ1n) is 9.60. The van der Waals surface area contributed by atoms with Gasteiger partial charge in [0.2, 0.25) is 5.41 Å². The Hall–Kier alpha value is -3.53. The minimum Gasteiger partial charge on any atom is -0.468 e. The Bertz CT molecular complexity index is 1220. The van der Waals surface area contributed by atoms with Crippen molar-refractivity contribution in [3.05, 3.63) is 77.6 Å². The lowest BCUT2D eigenvalue weighted by atomic mass is 9.79. The zero-order valence-corrected chi connectivity index (χ0v) is 18.9. The van der Waals surface area contributed by atoms with Crippen molar-refractivity contribution in [3.63, 3.8) is 0 Å². The van der Waals surface area contributed by atoms with E-state index < -0.39 is 27.4 Å². The summed E-state index contributed by atoms with van der Waals surface area (Å²) in [4.78, 5) is 34.2. The van der Waals surface area contributed by atoms with E-state index in [1.165, 1.54) is 18.3 Å². The Kier molecular flexibility index (Phi) is 6.45. The normalized spacial score (nSPS) is 11.8. The van der Waals surface area contributed by atoms with Crippen molar-refractivity contribution in [2.75, 3.05) is 14.2 Å². The molecule has 0 N–H and O–H groups in total. The molecule has 1 aromatic carbocycles. The van der Waals surface area contributed by atoms with Crippen molar-refractivity contribution >= 4 is 22.0 Å². The van der Waals surface area contributed by atoms with Crippen molar-refractivity contribution in [2.45, 2.75) is 30.6 Å². The highest BCUT2D eigenvalue weighted by Crippen LogP contribution is 2.31. The van der Waals surface area contributed by atoms with Crippen molar-refractivity contribution in [2.24, 2.45) is 0 Å². The molecule has 3 aromatic rings. The lowest BCUT2D eigenvalue weighted by molar-refractivity contribution is -0.162. The molecule has 0 radical (unpaired) electrons. The number of ether oxygens (including phenoxy) is 2. The number of hydrogen-bond acceptors (Lipinski definition) is 8.